The quantitative estimate of drug-likeness (QED) is 0.400. The van der Waals surface area contributed by atoms with Crippen LogP contribution in [0.25, 0.3) is 0 Å². The van der Waals surface area contributed by atoms with Gasteiger partial charge in [0.1, 0.15) is 10.7 Å². The molecule has 3 aromatic carbocycles. The zero-order valence-corrected chi connectivity index (χ0v) is 20.1. The maximum atomic E-state index is 13.0. The van der Waals surface area contributed by atoms with Gasteiger partial charge in [-0.2, -0.15) is 0 Å². The van der Waals surface area contributed by atoms with Crippen molar-refractivity contribution in [3.05, 3.63) is 105 Å². The summed E-state index contributed by atoms with van der Waals surface area (Å²) in [5.74, 6) is -1.63. The number of anilines is 2. The molecule has 6 nitrogen and oxygen atoms in total. The molecule has 0 saturated heterocycles. The largest absolute Gasteiger partial charge is 0.350 e. The van der Waals surface area contributed by atoms with Crippen LogP contribution in [-0.2, 0) is 9.59 Å². The Bertz CT molecular complexity index is 1330. The Labute approximate surface area is 211 Å². The minimum Gasteiger partial charge on any atom is -0.350 e. The van der Waals surface area contributed by atoms with Crippen LogP contribution in [0.2, 0.25) is 10.0 Å². The van der Waals surface area contributed by atoms with Crippen molar-refractivity contribution >= 4 is 63.9 Å². The molecule has 0 bridgehead atoms. The van der Waals surface area contributed by atoms with E-state index in [1.54, 1.807) is 24.3 Å². The van der Waals surface area contributed by atoms with Gasteiger partial charge in [0.2, 0.25) is 0 Å². The predicted molar refractivity (Wildman–Crippen MR) is 134 cm³/mol. The van der Waals surface area contributed by atoms with E-state index in [-0.39, 0.29) is 33.4 Å². The van der Waals surface area contributed by atoms with Crippen LogP contribution in [0, 0.1) is 0 Å². The fourth-order valence-corrected chi connectivity index (χ4v) is 3.96. The molecule has 2 N–H and O–H groups in total. The number of carbonyl (C=O) groups is 3. The molecule has 1 atom stereocenters. The van der Waals surface area contributed by atoms with E-state index in [4.69, 9.17) is 34.8 Å². The molecule has 1 unspecified atom stereocenters. The second-order valence-electron chi connectivity index (χ2n) is 7.54. The number of nitrogens with zero attached hydrogens (tertiary/aromatic N) is 1. The van der Waals surface area contributed by atoms with E-state index in [0.717, 1.165) is 10.5 Å². The van der Waals surface area contributed by atoms with Crippen LogP contribution in [0.5, 0.6) is 0 Å². The van der Waals surface area contributed by atoms with Gasteiger partial charge in [-0.25, -0.2) is 4.90 Å². The Morgan fingerprint density at radius 1 is 0.853 bits per heavy atom. The van der Waals surface area contributed by atoms with Crippen LogP contribution in [0.3, 0.4) is 0 Å². The Hall–Kier alpha value is -3.32. The molecular weight excluding hydrogens is 497 g/mol. The van der Waals surface area contributed by atoms with Crippen molar-refractivity contribution in [3.8, 4) is 0 Å². The minimum absolute atomic E-state index is 0.104. The monoisotopic (exact) mass is 513 g/mol. The van der Waals surface area contributed by atoms with Gasteiger partial charge in [0, 0.05) is 11.3 Å². The molecule has 0 aliphatic carbocycles. The highest BCUT2D eigenvalue weighted by Gasteiger charge is 2.39. The summed E-state index contributed by atoms with van der Waals surface area (Å²) in [6, 6.07) is 20.3. The van der Waals surface area contributed by atoms with E-state index in [9.17, 15) is 14.4 Å². The normalized spacial score (nSPS) is 14.4. The van der Waals surface area contributed by atoms with Crippen molar-refractivity contribution < 1.29 is 14.4 Å². The smallest absolute Gasteiger partial charge is 0.283 e. The molecular formula is C25H18Cl3N3O3. The molecule has 3 aromatic rings. The van der Waals surface area contributed by atoms with Gasteiger partial charge in [-0.1, -0.05) is 71.2 Å². The molecule has 0 spiro atoms. The Kier molecular flexibility index (Phi) is 6.93. The van der Waals surface area contributed by atoms with Gasteiger partial charge in [-0.3, -0.25) is 14.4 Å². The molecule has 4 rings (SSSR count). The Morgan fingerprint density at radius 3 is 2.29 bits per heavy atom. The summed E-state index contributed by atoms with van der Waals surface area (Å²) in [6.45, 7) is 1.89. The van der Waals surface area contributed by atoms with Crippen LogP contribution in [-0.4, -0.2) is 17.7 Å². The fourth-order valence-electron chi connectivity index (χ4n) is 3.46. The standard InChI is InChI=1S/C25H18Cl3N3O3/c1-14(15-6-3-2-4-7-15)29-23(32)16-8-5-9-17(12-16)30-22-21(28)24(33)31(25(22)34)18-10-11-19(26)20(27)13-18/h2-14,30H,1H3,(H,29,32). The number of imide groups is 1. The van der Waals surface area contributed by atoms with Crippen molar-refractivity contribution in [2.75, 3.05) is 10.2 Å². The van der Waals surface area contributed by atoms with Crippen LogP contribution >= 0.6 is 34.8 Å². The van der Waals surface area contributed by atoms with Gasteiger partial charge in [-0.15, -0.1) is 0 Å². The number of hydrogen-bond acceptors (Lipinski definition) is 4. The predicted octanol–water partition coefficient (Wildman–Crippen LogP) is 5.92. The first-order valence-electron chi connectivity index (χ1n) is 10.2. The highest BCUT2D eigenvalue weighted by atomic mass is 35.5. The first-order chi connectivity index (χ1) is 16.3. The summed E-state index contributed by atoms with van der Waals surface area (Å²) in [4.78, 5) is 39.3. The minimum atomic E-state index is -0.696. The zero-order valence-electron chi connectivity index (χ0n) is 17.8. The van der Waals surface area contributed by atoms with Crippen molar-refractivity contribution in [1.82, 2.24) is 5.32 Å². The number of benzene rings is 3. The third-order valence-corrected chi connectivity index (χ3v) is 6.32. The molecule has 3 amide bonds. The van der Waals surface area contributed by atoms with Gasteiger partial charge in [0.15, 0.2) is 0 Å². The lowest BCUT2D eigenvalue weighted by Crippen LogP contribution is -2.32. The van der Waals surface area contributed by atoms with Gasteiger partial charge < -0.3 is 10.6 Å². The molecule has 0 saturated carbocycles. The molecule has 34 heavy (non-hydrogen) atoms. The zero-order chi connectivity index (χ0) is 24.4. The molecule has 0 radical (unpaired) electrons. The topological polar surface area (TPSA) is 78.5 Å². The second-order valence-corrected chi connectivity index (χ2v) is 8.74. The summed E-state index contributed by atoms with van der Waals surface area (Å²) >= 11 is 18.2. The van der Waals surface area contributed by atoms with Crippen molar-refractivity contribution in [1.29, 1.82) is 0 Å². The number of rotatable bonds is 6. The maximum Gasteiger partial charge on any atom is 0.283 e. The maximum absolute atomic E-state index is 13.0. The molecule has 172 valence electrons. The summed E-state index contributed by atoms with van der Waals surface area (Å²) in [7, 11) is 0. The van der Waals surface area contributed by atoms with E-state index in [0.29, 0.717) is 16.3 Å². The summed E-state index contributed by atoms with van der Waals surface area (Å²) in [5, 5.41) is 6.02. The van der Waals surface area contributed by atoms with Crippen molar-refractivity contribution in [2.45, 2.75) is 13.0 Å². The molecule has 1 aliphatic heterocycles. The Morgan fingerprint density at radius 2 is 1.59 bits per heavy atom. The first kappa shape index (κ1) is 23.8. The van der Waals surface area contributed by atoms with Crippen molar-refractivity contribution in [2.24, 2.45) is 0 Å². The third kappa shape index (κ3) is 4.80. The van der Waals surface area contributed by atoms with Crippen LogP contribution in [0.4, 0.5) is 11.4 Å². The van der Waals surface area contributed by atoms with Gasteiger partial charge >= 0.3 is 0 Å². The SMILES string of the molecule is CC(NC(=O)c1cccc(NC2=C(Cl)C(=O)N(c3ccc(Cl)c(Cl)c3)C2=O)c1)c1ccccc1. The molecule has 1 heterocycles. The Balaban J connectivity index is 1.52. The summed E-state index contributed by atoms with van der Waals surface area (Å²) in [6.07, 6.45) is 0. The van der Waals surface area contributed by atoms with E-state index < -0.39 is 11.8 Å². The number of nitrogens with one attached hydrogen (secondary N) is 2. The van der Waals surface area contributed by atoms with Crippen molar-refractivity contribution in [3.63, 3.8) is 0 Å². The first-order valence-corrected chi connectivity index (χ1v) is 11.4. The highest BCUT2D eigenvalue weighted by Crippen LogP contribution is 2.33. The summed E-state index contributed by atoms with van der Waals surface area (Å²) < 4.78 is 0. The van der Waals surface area contributed by atoms with Crippen LogP contribution in [0.1, 0.15) is 28.9 Å². The van der Waals surface area contributed by atoms with E-state index in [1.165, 1.54) is 18.2 Å². The van der Waals surface area contributed by atoms with Gasteiger partial charge in [-0.05, 0) is 48.9 Å². The number of carbonyl (C=O) groups excluding carboxylic acids is 3. The highest BCUT2D eigenvalue weighted by molar-refractivity contribution is 6.53. The number of amides is 3. The van der Waals surface area contributed by atoms with Gasteiger partial charge in [0.05, 0.1) is 21.8 Å². The van der Waals surface area contributed by atoms with E-state index in [2.05, 4.69) is 10.6 Å². The molecule has 0 fully saturated rings. The lowest BCUT2D eigenvalue weighted by molar-refractivity contribution is -0.120. The number of halogens is 3. The van der Waals surface area contributed by atoms with E-state index in [1.807, 2.05) is 37.3 Å². The lowest BCUT2D eigenvalue weighted by Gasteiger charge is -2.16. The third-order valence-electron chi connectivity index (χ3n) is 5.23. The van der Waals surface area contributed by atoms with Gasteiger partial charge in [0.25, 0.3) is 17.7 Å². The molecule has 0 aromatic heterocycles. The average Bonchev–Trinajstić information content (AvgIpc) is 3.04. The van der Waals surface area contributed by atoms with Crippen LogP contribution < -0.4 is 15.5 Å². The molecule has 9 heteroatoms. The second kappa shape index (κ2) is 9.89. The fraction of sp³-hybridized carbons (Fsp3) is 0.0800. The summed E-state index contributed by atoms with van der Waals surface area (Å²) in [5.41, 5.74) is 1.91. The number of hydrogen-bond donors (Lipinski definition) is 2. The lowest BCUT2D eigenvalue weighted by atomic mass is 10.1. The van der Waals surface area contributed by atoms with E-state index >= 15 is 0 Å². The molecule has 1 aliphatic rings. The average molecular weight is 515 g/mol. The van der Waals surface area contributed by atoms with Crippen LogP contribution in [0.15, 0.2) is 83.5 Å².